The van der Waals surface area contributed by atoms with Gasteiger partial charge in [0.2, 0.25) is 0 Å². The molecular weight excluding hydrogens is 496 g/mol. The van der Waals surface area contributed by atoms with Gasteiger partial charge in [0.25, 0.3) is 11.6 Å². The number of amides is 1. The summed E-state index contributed by atoms with van der Waals surface area (Å²) >= 11 is 10.6. The predicted molar refractivity (Wildman–Crippen MR) is 120 cm³/mol. The Morgan fingerprint density at radius 3 is 2.47 bits per heavy atom. The minimum atomic E-state index is -0.669. The van der Waals surface area contributed by atoms with Gasteiger partial charge in [0.15, 0.2) is 0 Å². The largest absolute Gasteiger partial charge is 0.465 e. The Labute approximate surface area is 188 Å². The Morgan fingerprint density at radius 2 is 1.87 bits per heavy atom. The summed E-state index contributed by atoms with van der Waals surface area (Å²) in [6.45, 7) is 1.82. The summed E-state index contributed by atoms with van der Waals surface area (Å²) in [5.41, 5.74) is 1.28. The molecule has 0 saturated heterocycles. The fourth-order valence-corrected chi connectivity index (χ4v) is 4.39. The second kappa shape index (κ2) is 8.95. The number of nitrogens with zero attached hydrogens (tertiary/aromatic N) is 1. The molecule has 0 unspecified atom stereocenters. The van der Waals surface area contributed by atoms with Crippen LogP contribution in [-0.2, 0) is 4.74 Å². The Bertz CT molecular complexity index is 1160. The van der Waals surface area contributed by atoms with E-state index in [0.29, 0.717) is 5.56 Å². The SMILES string of the molecule is COC(=O)c1c(NC(=O)c2cc([N+](=O)[O-])ccc2Cl)sc(C)c1-c1ccc(Br)cc1. The van der Waals surface area contributed by atoms with Gasteiger partial charge in [0.05, 0.1) is 22.6 Å². The van der Waals surface area contributed by atoms with Gasteiger partial charge in [-0.15, -0.1) is 11.3 Å². The molecule has 3 aromatic rings. The molecule has 30 heavy (non-hydrogen) atoms. The van der Waals surface area contributed by atoms with Crippen molar-refractivity contribution in [3.63, 3.8) is 0 Å². The number of benzene rings is 2. The van der Waals surface area contributed by atoms with Gasteiger partial charge in [-0.2, -0.15) is 0 Å². The number of non-ortho nitro benzene ring substituents is 1. The summed E-state index contributed by atoms with van der Waals surface area (Å²) in [5.74, 6) is -1.28. The first kappa shape index (κ1) is 21.9. The molecule has 1 heterocycles. The van der Waals surface area contributed by atoms with Crippen LogP contribution in [-0.4, -0.2) is 23.9 Å². The summed E-state index contributed by atoms with van der Waals surface area (Å²) in [6, 6.07) is 10.9. The number of methoxy groups -OCH3 is 1. The molecule has 1 aromatic heterocycles. The van der Waals surface area contributed by atoms with E-state index in [2.05, 4.69) is 21.2 Å². The minimum absolute atomic E-state index is 0.0547. The van der Waals surface area contributed by atoms with Crippen LogP contribution in [0.5, 0.6) is 0 Å². The van der Waals surface area contributed by atoms with Crippen LogP contribution in [0.25, 0.3) is 11.1 Å². The van der Waals surface area contributed by atoms with E-state index < -0.39 is 16.8 Å². The predicted octanol–water partition coefficient (Wildman–Crippen LogP) is 6.09. The summed E-state index contributed by atoms with van der Waals surface area (Å²) < 4.78 is 5.81. The highest BCUT2D eigenvalue weighted by Crippen LogP contribution is 2.41. The van der Waals surface area contributed by atoms with Crippen molar-refractivity contribution >= 4 is 61.4 Å². The summed E-state index contributed by atoms with van der Waals surface area (Å²) in [6.07, 6.45) is 0. The zero-order valence-electron chi connectivity index (χ0n) is 15.7. The molecule has 0 spiro atoms. The van der Waals surface area contributed by atoms with Crippen LogP contribution in [0.2, 0.25) is 5.02 Å². The number of aryl methyl sites for hydroxylation is 1. The molecule has 0 aliphatic heterocycles. The quantitative estimate of drug-likeness (QED) is 0.255. The van der Waals surface area contributed by atoms with Gasteiger partial charge < -0.3 is 10.1 Å². The van der Waals surface area contributed by atoms with E-state index in [-0.39, 0.29) is 26.8 Å². The van der Waals surface area contributed by atoms with Crippen molar-refractivity contribution < 1.29 is 19.2 Å². The molecular formula is C20H14BrClN2O5S. The van der Waals surface area contributed by atoms with Gasteiger partial charge in [0.1, 0.15) is 10.6 Å². The number of thiophene rings is 1. The van der Waals surface area contributed by atoms with Crippen LogP contribution in [0.15, 0.2) is 46.9 Å². The average Bonchev–Trinajstić information content (AvgIpc) is 3.03. The van der Waals surface area contributed by atoms with Gasteiger partial charge >= 0.3 is 5.97 Å². The topological polar surface area (TPSA) is 98.5 Å². The number of carbonyl (C=O) groups excluding carboxylic acids is 2. The fraction of sp³-hybridized carbons (Fsp3) is 0.100. The average molecular weight is 510 g/mol. The Balaban J connectivity index is 2.07. The molecule has 0 atom stereocenters. The third-order valence-electron chi connectivity index (χ3n) is 4.24. The number of nitrogens with one attached hydrogen (secondary N) is 1. The Hall–Kier alpha value is -2.75. The van der Waals surface area contributed by atoms with Gasteiger partial charge in [-0.05, 0) is 30.7 Å². The molecule has 3 rings (SSSR count). The zero-order chi connectivity index (χ0) is 22.0. The van der Waals surface area contributed by atoms with Gasteiger partial charge in [-0.25, -0.2) is 4.79 Å². The lowest BCUT2D eigenvalue weighted by Crippen LogP contribution is -2.15. The van der Waals surface area contributed by atoms with Crippen molar-refractivity contribution in [2.75, 3.05) is 12.4 Å². The molecule has 0 aliphatic rings. The number of carbonyl (C=O) groups is 2. The maximum atomic E-state index is 12.8. The van der Waals surface area contributed by atoms with E-state index >= 15 is 0 Å². The number of nitro benzene ring substituents is 1. The van der Waals surface area contributed by atoms with E-state index in [1.54, 1.807) is 0 Å². The van der Waals surface area contributed by atoms with E-state index in [1.165, 1.54) is 30.6 Å². The number of rotatable bonds is 5. The number of halogens is 2. The smallest absolute Gasteiger partial charge is 0.341 e. The van der Waals surface area contributed by atoms with Crippen molar-refractivity contribution in [1.82, 2.24) is 0 Å². The number of esters is 1. The van der Waals surface area contributed by atoms with Gasteiger partial charge in [-0.1, -0.05) is 39.7 Å². The van der Waals surface area contributed by atoms with E-state index in [4.69, 9.17) is 16.3 Å². The first-order chi connectivity index (χ1) is 14.2. The first-order valence-corrected chi connectivity index (χ1v) is 10.4. The number of anilines is 1. The maximum absolute atomic E-state index is 12.8. The third kappa shape index (κ3) is 4.38. The molecule has 0 saturated carbocycles. The zero-order valence-corrected chi connectivity index (χ0v) is 18.9. The lowest BCUT2D eigenvalue weighted by molar-refractivity contribution is -0.384. The molecule has 1 amide bonds. The number of hydrogen-bond acceptors (Lipinski definition) is 6. The molecule has 10 heteroatoms. The van der Waals surface area contributed by atoms with E-state index in [0.717, 1.165) is 21.0 Å². The highest BCUT2D eigenvalue weighted by atomic mass is 79.9. The fourth-order valence-electron chi connectivity index (χ4n) is 2.86. The standard InChI is InChI=1S/C20H14BrClN2O5S/c1-10-16(11-3-5-12(21)6-4-11)17(20(26)29-2)19(30-10)23-18(25)14-9-13(24(27)28)7-8-15(14)22/h3-9H,1-2H3,(H,23,25). The maximum Gasteiger partial charge on any atom is 0.341 e. The Morgan fingerprint density at radius 1 is 1.20 bits per heavy atom. The highest BCUT2D eigenvalue weighted by Gasteiger charge is 2.26. The van der Waals surface area contributed by atoms with Crippen molar-refractivity contribution in [3.8, 4) is 11.1 Å². The molecule has 0 aliphatic carbocycles. The molecule has 7 nitrogen and oxygen atoms in total. The molecule has 2 aromatic carbocycles. The normalized spacial score (nSPS) is 10.5. The first-order valence-electron chi connectivity index (χ1n) is 8.45. The Kier molecular flexibility index (Phi) is 6.55. The van der Waals surface area contributed by atoms with E-state index in [9.17, 15) is 19.7 Å². The summed E-state index contributed by atoms with van der Waals surface area (Å²) in [4.78, 5) is 36.5. The number of nitro groups is 1. The molecule has 154 valence electrons. The molecule has 0 bridgehead atoms. The second-order valence-electron chi connectivity index (χ2n) is 6.11. The van der Waals surface area contributed by atoms with Crippen LogP contribution in [0, 0.1) is 17.0 Å². The number of hydrogen-bond donors (Lipinski definition) is 1. The monoisotopic (exact) mass is 508 g/mol. The van der Waals surface area contributed by atoms with Gasteiger partial charge in [-0.3, -0.25) is 14.9 Å². The van der Waals surface area contributed by atoms with Crippen LogP contribution < -0.4 is 5.32 Å². The summed E-state index contributed by atoms with van der Waals surface area (Å²) in [5, 5.41) is 14.0. The third-order valence-corrected chi connectivity index (χ3v) is 6.12. The lowest BCUT2D eigenvalue weighted by Gasteiger charge is -2.09. The molecule has 0 radical (unpaired) electrons. The van der Waals surface area contributed by atoms with Crippen LogP contribution in [0.1, 0.15) is 25.6 Å². The lowest BCUT2D eigenvalue weighted by atomic mass is 10.0. The van der Waals surface area contributed by atoms with Crippen molar-refractivity contribution in [2.24, 2.45) is 0 Å². The van der Waals surface area contributed by atoms with Crippen molar-refractivity contribution in [3.05, 3.63) is 78.1 Å². The van der Waals surface area contributed by atoms with Crippen molar-refractivity contribution in [2.45, 2.75) is 6.92 Å². The van der Waals surface area contributed by atoms with Crippen LogP contribution >= 0.6 is 38.9 Å². The van der Waals surface area contributed by atoms with Crippen LogP contribution in [0.4, 0.5) is 10.7 Å². The minimum Gasteiger partial charge on any atom is -0.465 e. The van der Waals surface area contributed by atoms with Crippen LogP contribution in [0.3, 0.4) is 0 Å². The second-order valence-corrected chi connectivity index (χ2v) is 8.66. The van der Waals surface area contributed by atoms with Crippen molar-refractivity contribution in [1.29, 1.82) is 0 Å². The van der Waals surface area contributed by atoms with Gasteiger partial charge in [0, 0.05) is 27.0 Å². The summed E-state index contributed by atoms with van der Waals surface area (Å²) in [7, 11) is 1.25. The highest BCUT2D eigenvalue weighted by molar-refractivity contribution is 9.10. The molecule has 0 fully saturated rings. The molecule has 1 N–H and O–H groups in total. The number of ether oxygens (including phenoxy) is 1. The van der Waals surface area contributed by atoms with E-state index in [1.807, 2.05) is 31.2 Å².